The largest absolute Gasteiger partial charge is 1.00 e. The van der Waals surface area contributed by atoms with Crippen LogP contribution in [0, 0.1) is 0 Å². The number of aromatic amines is 1. The highest BCUT2D eigenvalue weighted by atomic mass is 127. The number of ether oxygens (including phenoxy) is 1. The lowest BCUT2D eigenvalue weighted by atomic mass is 10.1. The van der Waals surface area contributed by atoms with Gasteiger partial charge < -0.3 is 49.2 Å². The number of hydrogen-bond acceptors (Lipinski definition) is 6. The van der Waals surface area contributed by atoms with Crippen LogP contribution in [0.5, 0.6) is 0 Å². The molecule has 0 radical (unpaired) electrons. The van der Waals surface area contributed by atoms with E-state index in [1.807, 2.05) is 12.1 Å². The second-order valence-electron chi connectivity index (χ2n) is 10.0. The number of hydrogen-bond donors (Lipinski definition) is 3. The van der Waals surface area contributed by atoms with Crippen molar-refractivity contribution >= 4 is 50.8 Å². The molecule has 1 aliphatic heterocycles. The number of methoxy groups -OCH3 is 1. The number of fused-ring (bicyclic) bond motifs is 3. The number of anilines is 1. The first kappa shape index (κ1) is 28.3. The molecule has 1 amide bonds. The summed E-state index contributed by atoms with van der Waals surface area (Å²) >= 11 is 1.68. The third-order valence-corrected chi connectivity index (χ3v) is 8.11. The Morgan fingerprint density at radius 1 is 1.16 bits per heavy atom. The number of halogens is 1. The lowest BCUT2D eigenvalue weighted by Crippen LogP contribution is -3.00. The van der Waals surface area contributed by atoms with Crippen molar-refractivity contribution in [1.82, 2.24) is 9.97 Å². The number of aromatic nitrogens is 2. The lowest BCUT2D eigenvalue weighted by Gasteiger charge is -2.40. The zero-order chi connectivity index (χ0) is 25.8. The molecule has 202 valence electrons. The number of primary amides is 1. The standard InChI is InChI=1S/C28H33N5O3S.HI/c1-36-28(35)20-6-7-22-23(15-20)32-24-16-21(14-19-8-13-37-18-19)31-27(26(22)24)30-9-5-12-33(17-25(29)34)10-3-2-4-11-33;/h6-8,13,15-16,18H,2-5,9-12,14,17H2,1H3,(H3-,29,30,31,32,34,35);1H. The first-order chi connectivity index (χ1) is 18.0. The van der Waals surface area contributed by atoms with E-state index in [2.05, 4.69) is 33.2 Å². The number of piperidine rings is 1. The van der Waals surface area contributed by atoms with Gasteiger partial charge in [0.25, 0.3) is 5.91 Å². The molecular formula is C28H34IN5O3S. The molecular weight excluding hydrogens is 613 g/mol. The van der Waals surface area contributed by atoms with Crippen LogP contribution in [-0.4, -0.2) is 66.2 Å². The maximum atomic E-state index is 12.1. The summed E-state index contributed by atoms with van der Waals surface area (Å²) in [6.07, 6.45) is 5.19. The number of amides is 1. The van der Waals surface area contributed by atoms with E-state index in [-0.39, 0.29) is 35.9 Å². The number of rotatable bonds is 10. The molecule has 1 fully saturated rings. The van der Waals surface area contributed by atoms with Gasteiger partial charge in [0.05, 0.1) is 37.8 Å². The molecule has 0 aliphatic carbocycles. The Labute approximate surface area is 243 Å². The van der Waals surface area contributed by atoms with Crippen molar-refractivity contribution in [2.45, 2.75) is 32.1 Å². The van der Waals surface area contributed by atoms with E-state index in [9.17, 15) is 9.59 Å². The van der Waals surface area contributed by atoms with Gasteiger partial charge in [-0.2, -0.15) is 11.3 Å². The van der Waals surface area contributed by atoms with Crippen molar-refractivity contribution < 1.29 is 42.8 Å². The summed E-state index contributed by atoms with van der Waals surface area (Å²) in [5.41, 5.74) is 10.2. The number of carbonyl (C=O) groups excluding carboxylic acids is 2. The van der Waals surface area contributed by atoms with Crippen LogP contribution in [0.3, 0.4) is 0 Å². The van der Waals surface area contributed by atoms with Gasteiger partial charge in [0.15, 0.2) is 6.54 Å². The molecule has 3 aromatic heterocycles. The molecule has 0 bridgehead atoms. The highest BCUT2D eigenvalue weighted by Gasteiger charge is 2.31. The average molecular weight is 648 g/mol. The van der Waals surface area contributed by atoms with Crippen molar-refractivity contribution in [1.29, 1.82) is 0 Å². The van der Waals surface area contributed by atoms with Gasteiger partial charge in [-0.25, -0.2) is 9.78 Å². The fourth-order valence-corrected chi connectivity index (χ4v) is 6.31. The summed E-state index contributed by atoms with van der Waals surface area (Å²) in [6.45, 7) is 4.13. The average Bonchev–Trinajstić information content (AvgIpc) is 3.53. The summed E-state index contributed by atoms with van der Waals surface area (Å²) in [5.74, 6) is 0.255. The molecule has 1 aliphatic rings. The Morgan fingerprint density at radius 3 is 2.68 bits per heavy atom. The molecule has 0 saturated carbocycles. The molecule has 4 heterocycles. The van der Waals surface area contributed by atoms with E-state index in [0.717, 1.165) is 89.7 Å². The second kappa shape index (κ2) is 12.4. The summed E-state index contributed by atoms with van der Waals surface area (Å²) in [6, 6.07) is 9.79. The maximum Gasteiger partial charge on any atom is 0.337 e. The lowest BCUT2D eigenvalue weighted by molar-refractivity contribution is -0.925. The molecule has 5 rings (SSSR count). The van der Waals surface area contributed by atoms with E-state index < -0.39 is 0 Å². The molecule has 1 aromatic carbocycles. The Kier molecular flexibility index (Phi) is 9.27. The van der Waals surface area contributed by atoms with Crippen LogP contribution in [0.1, 0.15) is 47.3 Å². The van der Waals surface area contributed by atoms with Crippen LogP contribution in [0.4, 0.5) is 5.82 Å². The number of nitrogens with one attached hydrogen (secondary N) is 2. The molecule has 0 atom stereocenters. The van der Waals surface area contributed by atoms with E-state index in [4.69, 9.17) is 15.5 Å². The third-order valence-electron chi connectivity index (χ3n) is 7.38. The molecule has 10 heteroatoms. The van der Waals surface area contributed by atoms with Crippen LogP contribution < -0.4 is 35.0 Å². The smallest absolute Gasteiger partial charge is 0.337 e. The normalized spacial score (nSPS) is 14.8. The van der Waals surface area contributed by atoms with Crippen molar-refractivity contribution in [3.8, 4) is 0 Å². The number of nitrogens with zero attached hydrogens (tertiary/aromatic N) is 2. The first-order valence-corrected chi connectivity index (χ1v) is 13.8. The highest BCUT2D eigenvalue weighted by Crippen LogP contribution is 2.32. The summed E-state index contributed by atoms with van der Waals surface area (Å²) in [4.78, 5) is 32.4. The van der Waals surface area contributed by atoms with Crippen LogP contribution in [0.2, 0.25) is 0 Å². The molecule has 0 unspecified atom stereocenters. The minimum atomic E-state index is -0.360. The third kappa shape index (κ3) is 6.29. The number of pyridine rings is 1. The second-order valence-corrected chi connectivity index (χ2v) is 10.8. The number of carbonyl (C=O) groups is 2. The van der Waals surface area contributed by atoms with Gasteiger partial charge >= 0.3 is 5.97 Å². The quantitative estimate of drug-likeness (QED) is 0.105. The van der Waals surface area contributed by atoms with Crippen LogP contribution in [-0.2, 0) is 16.0 Å². The van der Waals surface area contributed by atoms with Crippen molar-refractivity contribution in [3.05, 3.63) is 57.9 Å². The number of benzene rings is 1. The van der Waals surface area contributed by atoms with Gasteiger partial charge in [0.2, 0.25) is 0 Å². The number of esters is 1. The van der Waals surface area contributed by atoms with Crippen molar-refractivity contribution in [2.24, 2.45) is 5.73 Å². The number of H-pyrrole nitrogens is 1. The van der Waals surface area contributed by atoms with Crippen LogP contribution in [0.15, 0.2) is 41.1 Å². The van der Waals surface area contributed by atoms with Gasteiger partial charge in [-0.15, -0.1) is 0 Å². The highest BCUT2D eigenvalue weighted by molar-refractivity contribution is 7.07. The number of quaternary nitrogens is 1. The fourth-order valence-electron chi connectivity index (χ4n) is 5.64. The van der Waals surface area contributed by atoms with Gasteiger partial charge in [-0.1, -0.05) is 6.07 Å². The maximum absolute atomic E-state index is 12.1. The molecule has 4 N–H and O–H groups in total. The fraction of sp³-hybridized carbons (Fsp3) is 0.393. The SMILES string of the molecule is COC(=O)c1ccc2c(c1)[nH]c1cc(Cc3ccsc3)nc(NCCC[N+]3(CC(N)=O)CCCCC3)c12.[I-]. The predicted molar refractivity (Wildman–Crippen MR) is 148 cm³/mol. The summed E-state index contributed by atoms with van der Waals surface area (Å²) in [5, 5.41) is 9.84. The Hall–Kier alpha value is -2.70. The topological polar surface area (TPSA) is 110 Å². The van der Waals surface area contributed by atoms with Crippen molar-refractivity contribution in [2.75, 3.05) is 45.2 Å². The van der Waals surface area contributed by atoms with Crippen LogP contribution >= 0.6 is 11.3 Å². The number of likely N-dealkylation sites (tertiary alicyclic amines) is 1. The molecule has 38 heavy (non-hydrogen) atoms. The first-order valence-electron chi connectivity index (χ1n) is 12.9. The minimum Gasteiger partial charge on any atom is -1.00 e. The van der Waals surface area contributed by atoms with Crippen molar-refractivity contribution in [3.63, 3.8) is 0 Å². The van der Waals surface area contributed by atoms with Gasteiger partial charge in [-0.3, -0.25) is 4.79 Å². The van der Waals surface area contributed by atoms with E-state index in [0.29, 0.717) is 12.1 Å². The van der Waals surface area contributed by atoms with E-state index in [1.165, 1.54) is 19.1 Å². The molecule has 0 spiro atoms. The van der Waals surface area contributed by atoms with E-state index >= 15 is 0 Å². The monoisotopic (exact) mass is 647 g/mol. The van der Waals surface area contributed by atoms with Gasteiger partial charge in [0.1, 0.15) is 5.82 Å². The van der Waals surface area contributed by atoms with Gasteiger partial charge in [0, 0.05) is 41.4 Å². The molecule has 1 saturated heterocycles. The Bertz CT molecular complexity index is 1410. The number of nitrogens with two attached hydrogens (primary N) is 1. The van der Waals surface area contributed by atoms with E-state index in [1.54, 1.807) is 17.4 Å². The Balaban J connectivity index is 0.00000336. The van der Waals surface area contributed by atoms with Crippen LogP contribution in [0.25, 0.3) is 21.8 Å². The van der Waals surface area contributed by atoms with Gasteiger partial charge in [-0.05, 0) is 59.9 Å². The zero-order valence-electron chi connectivity index (χ0n) is 21.6. The predicted octanol–water partition coefficient (Wildman–Crippen LogP) is 1.45. The zero-order valence-corrected chi connectivity index (χ0v) is 24.6. The summed E-state index contributed by atoms with van der Waals surface area (Å²) in [7, 11) is 1.39. The Morgan fingerprint density at radius 2 is 1.97 bits per heavy atom. The molecule has 4 aromatic rings. The summed E-state index contributed by atoms with van der Waals surface area (Å²) < 4.78 is 5.69. The molecule has 8 nitrogen and oxygen atoms in total. The minimum absolute atomic E-state index is 0. The number of thiophene rings is 1.